The molecule has 7 heteroatoms. The number of nitrogens with one attached hydrogen (secondary N) is 1. The van der Waals surface area contributed by atoms with Crippen molar-refractivity contribution in [2.75, 3.05) is 25.5 Å². The number of amides is 2. The maximum Gasteiger partial charge on any atom is 0.321 e. The Balaban J connectivity index is 1.54. The molecule has 116 valence electrons. The number of anilines is 1. The summed E-state index contributed by atoms with van der Waals surface area (Å²) in [6.45, 7) is 1.24. The number of thiazole rings is 1. The molecule has 0 aliphatic carbocycles. The monoisotopic (exact) mass is 319 g/mol. The van der Waals surface area contributed by atoms with Gasteiger partial charge in [0.15, 0.2) is 0 Å². The van der Waals surface area contributed by atoms with Crippen molar-refractivity contribution in [3.63, 3.8) is 0 Å². The normalized spacial score (nSPS) is 17.3. The Morgan fingerprint density at radius 3 is 3.18 bits per heavy atom. The maximum absolute atomic E-state index is 12.3. The summed E-state index contributed by atoms with van der Waals surface area (Å²) >= 11 is 1.46. The van der Waals surface area contributed by atoms with Crippen LogP contribution in [-0.4, -0.2) is 42.2 Å². The van der Waals surface area contributed by atoms with Gasteiger partial charge >= 0.3 is 6.03 Å². The van der Waals surface area contributed by atoms with Crippen LogP contribution in [-0.2, 0) is 0 Å². The minimum Gasteiger partial charge on any atom is -0.497 e. The molecule has 2 aromatic rings. The first-order valence-electron chi connectivity index (χ1n) is 7.01. The molecule has 3 rings (SSSR count). The fourth-order valence-corrected chi connectivity index (χ4v) is 2.87. The highest BCUT2D eigenvalue weighted by molar-refractivity contribution is 7.11. The van der Waals surface area contributed by atoms with E-state index in [9.17, 15) is 4.79 Å². The van der Waals surface area contributed by atoms with Gasteiger partial charge in [0.05, 0.1) is 13.7 Å². The van der Waals surface area contributed by atoms with Crippen LogP contribution < -0.4 is 14.8 Å². The van der Waals surface area contributed by atoms with Gasteiger partial charge < -0.3 is 19.7 Å². The van der Waals surface area contributed by atoms with Crippen LogP contribution >= 0.6 is 11.3 Å². The van der Waals surface area contributed by atoms with E-state index in [0.717, 1.165) is 6.42 Å². The zero-order chi connectivity index (χ0) is 15.4. The minimum absolute atomic E-state index is 0.00205. The van der Waals surface area contributed by atoms with Crippen LogP contribution in [0.1, 0.15) is 6.42 Å². The number of likely N-dealkylation sites (tertiary alicyclic amines) is 1. The average molecular weight is 319 g/mol. The van der Waals surface area contributed by atoms with Gasteiger partial charge in [-0.15, -0.1) is 0 Å². The number of urea groups is 1. The van der Waals surface area contributed by atoms with E-state index in [1.165, 1.54) is 11.3 Å². The van der Waals surface area contributed by atoms with Gasteiger partial charge in [-0.2, -0.15) is 0 Å². The molecule has 22 heavy (non-hydrogen) atoms. The molecule has 1 saturated heterocycles. The Kier molecular flexibility index (Phi) is 4.43. The number of methoxy groups -OCH3 is 1. The quantitative estimate of drug-likeness (QED) is 0.941. The predicted molar refractivity (Wildman–Crippen MR) is 84.7 cm³/mol. The van der Waals surface area contributed by atoms with E-state index >= 15 is 0 Å². The highest BCUT2D eigenvalue weighted by atomic mass is 32.1. The van der Waals surface area contributed by atoms with E-state index in [-0.39, 0.29) is 12.1 Å². The number of rotatable bonds is 4. The van der Waals surface area contributed by atoms with Crippen LogP contribution in [0.25, 0.3) is 0 Å². The van der Waals surface area contributed by atoms with Gasteiger partial charge in [0.2, 0.25) is 0 Å². The van der Waals surface area contributed by atoms with Crippen molar-refractivity contribution in [2.45, 2.75) is 12.5 Å². The van der Waals surface area contributed by atoms with Crippen LogP contribution in [0.3, 0.4) is 0 Å². The SMILES string of the molecule is COc1cccc(NC(=O)N2CCC(Oc3nccs3)C2)c1. The van der Waals surface area contributed by atoms with Gasteiger partial charge in [0, 0.05) is 36.3 Å². The second-order valence-electron chi connectivity index (χ2n) is 4.93. The number of hydrogen-bond acceptors (Lipinski definition) is 5. The number of nitrogens with zero attached hydrogens (tertiary/aromatic N) is 2. The molecule has 2 amide bonds. The predicted octanol–water partition coefficient (Wildman–Crippen LogP) is 2.84. The van der Waals surface area contributed by atoms with E-state index < -0.39 is 0 Å². The molecule has 1 aliphatic rings. The van der Waals surface area contributed by atoms with E-state index in [4.69, 9.17) is 9.47 Å². The van der Waals surface area contributed by atoms with E-state index in [1.807, 2.05) is 23.6 Å². The summed E-state index contributed by atoms with van der Waals surface area (Å²) < 4.78 is 10.9. The van der Waals surface area contributed by atoms with Crippen LogP contribution in [0.5, 0.6) is 10.9 Å². The van der Waals surface area contributed by atoms with Crippen molar-refractivity contribution in [2.24, 2.45) is 0 Å². The fourth-order valence-electron chi connectivity index (χ4n) is 2.32. The topological polar surface area (TPSA) is 63.7 Å². The highest BCUT2D eigenvalue weighted by Crippen LogP contribution is 2.22. The molecule has 1 unspecified atom stereocenters. The van der Waals surface area contributed by atoms with E-state index in [1.54, 1.807) is 24.3 Å². The van der Waals surface area contributed by atoms with E-state index in [0.29, 0.717) is 29.7 Å². The highest BCUT2D eigenvalue weighted by Gasteiger charge is 2.28. The second kappa shape index (κ2) is 6.65. The lowest BCUT2D eigenvalue weighted by Crippen LogP contribution is -2.34. The molecule has 1 N–H and O–H groups in total. The minimum atomic E-state index is -0.126. The molecule has 1 aliphatic heterocycles. The summed E-state index contributed by atoms with van der Waals surface area (Å²) in [4.78, 5) is 18.1. The Morgan fingerprint density at radius 2 is 2.41 bits per heavy atom. The molecule has 0 radical (unpaired) electrons. The standard InChI is InChI=1S/C15H17N3O3S/c1-20-12-4-2-3-11(9-12)17-14(19)18-7-5-13(10-18)21-15-16-6-8-22-15/h2-4,6,8-9,13H,5,7,10H2,1H3,(H,17,19). The first kappa shape index (κ1) is 14.6. The third-order valence-corrected chi connectivity index (χ3v) is 4.09. The lowest BCUT2D eigenvalue weighted by Gasteiger charge is -2.17. The van der Waals surface area contributed by atoms with Crippen molar-refractivity contribution in [1.29, 1.82) is 0 Å². The number of carbonyl (C=O) groups is 1. The molecular formula is C15H17N3O3S. The van der Waals surface area contributed by atoms with Crippen LogP contribution in [0.2, 0.25) is 0 Å². The average Bonchev–Trinajstić information content (AvgIpc) is 3.20. The molecule has 1 atom stereocenters. The van der Waals surface area contributed by atoms with Crippen LogP contribution in [0, 0.1) is 0 Å². The number of hydrogen-bond donors (Lipinski definition) is 1. The van der Waals surface area contributed by atoms with Gasteiger partial charge in [0.25, 0.3) is 5.19 Å². The number of aromatic nitrogens is 1. The Labute approximate surface area is 132 Å². The molecular weight excluding hydrogens is 302 g/mol. The molecule has 6 nitrogen and oxygen atoms in total. The Bertz CT molecular complexity index is 633. The lowest BCUT2D eigenvalue weighted by molar-refractivity contribution is 0.194. The molecule has 0 bridgehead atoms. The van der Waals surface area contributed by atoms with Crippen molar-refractivity contribution in [1.82, 2.24) is 9.88 Å². The Hall–Kier alpha value is -2.28. The number of benzene rings is 1. The molecule has 0 spiro atoms. The zero-order valence-corrected chi connectivity index (χ0v) is 13.0. The first-order valence-corrected chi connectivity index (χ1v) is 7.88. The van der Waals surface area contributed by atoms with Gasteiger partial charge in [-0.25, -0.2) is 9.78 Å². The van der Waals surface area contributed by atoms with Crippen molar-refractivity contribution < 1.29 is 14.3 Å². The van der Waals surface area contributed by atoms with Gasteiger partial charge in [-0.05, 0) is 12.1 Å². The molecule has 1 aromatic heterocycles. The summed E-state index contributed by atoms with van der Waals surface area (Å²) in [5.74, 6) is 0.712. The van der Waals surface area contributed by atoms with Crippen LogP contribution in [0.15, 0.2) is 35.8 Å². The first-order chi connectivity index (χ1) is 10.7. The van der Waals surface area contributed by atoms with Gasteiger partial charge in [0.1, 0.15) is 11.9 Å². The van der Waals surface area contributed by atoms with Crippen molar-refractivity contribution in [3.8, 4) is 10.9 Å². The van der Waals surface area contributed by atoms with Gasteiger partial charge in [-0.1, -0.05) is 17.4 Å². The maximum atomic E-state index is 12.3. The number of ether oxygens (including phenoxy) is 2. The third kappa shape index (κ3) is 3.48. The number of carbonyl (C=O) groups excluding carboxylic acids is 1. The smallest absolute Gasteiger partial charge is 0.321 e. The summed E-state index contributed by atoms with van der Waals surface area (Å²) in [6.07, 6.45) is 2.52. The summed E-state index contributed by atoms with van der Waals surface area (Å²) in [6, 6.07) is 7.17. The fraction of sp³-hybridized carbons (Fsp3) is 0.333. The largest absolute Gasteiger partial charge is 0.497 e. The molecule has 1 fully saturated rings. The zero-order valence-electron chi connectivity index (χ0n) is 12.2. The van der Waals surface area contributed by atoms with Gasteiger partial charge in [-0.3, -0.25) is 0 Å². The second-order valence-corrected chi connectivity index (χ2v) is 5.79. The van der Waals surface area contributed by atoms with Crippen molar-refractivity contribution in [3.05, 3.63) is 35.8 Å². The Morgan fingerprint density at radius 1 is 1.50 bits per heavy atom. The van der Waals surface area contributed by atoms with E-state index in [2.05, 4.69) is 10.3 Å². The molecule has 2 heterocycles. The summed E-state index contributed by atoms with van der Waals surface area (Å²) in [5, 5.41) is 5.40. The lowest BCUT2D eigenvalue weighted by atomic mass is 10.3. The summed E-state index contributed by atoms with van der Waals surface area (Å²) in [5.41, 5.74) is 0.716. The van der Waals surface area contributed by atoms with Crippen molar-refractivity contribution >= 4 is 23.1 Å². The third-order valence-electron chi connectivity index (χ3n) is 3.43. The van der Waals surface area contributed by atoms with Crippen LogP contribution in [0.4, 0.5) is 10.5 Å². The molecule has 1 aromatic carbocycles. The summed E-state index contributed by atoms with van der Waals surface area (Å²) in [7, 11) is 1.60. The molecule has 0 saturated carbocycles.